The predicted molar refractivity (Wildman–Crippen MR) is 72.3 cm³/mol. The van der Waals surface area contributed by atoms with E-state index in [2.05, 4.69) is 15.7 Å². The van der Waals surface area contributed by atoms with E-state index < -0.39 is 23.6 Å². The number of aryl methyl sites for hydroxylation is 1. The lowest BCUT2D eigenvalue weighted by molar-refractivity contribution is -0.140. The first-order valence-electron chi connectivity index (χ1n) is 5.70. The number of urea groups is 1. The van der Waals surface area contributed by atoms with Crippen LogP contribution >= 0.6 is 11.6 Å². The summed E-state index contributed by atoms with van der Waals surface area (Å²) in [6.07, 6.45) is -3.57. The summed E-state index contributed by atoms with van der Waals surface area (Å²) in [4.78, 5) is 11.7. The lowest BCUT2D eigenvalue weighted by Gasteiger charge is -2.09. The molecule has 0 aliphatic rings. The van der Waals surface area contributed by atoms with Crippen LogP contribution in [0.2, 0.25) is 5.02 Å². The molecule has 2 rings (SSSR count). The SMILES string of the molecule is Cn1cc(NC(=O)Nc2ccc(Cl)cc2)c(C(F)(F)F)n1. The van der Waals surface area contributed by atoms with Gasteiger partial charge >= 0.3 is 12.2 Å². The summed E-state index contributed by atoms with van der Waals surface area (Å²) in [5, 5.41) is 8.27. The van der Waals surface area contributed by atoms with Gasteiger partial charge in [-0.3, -0.25) is 4.68 Å². The molecule has 5 nitrogen and oxygen atoms in total. The first-order chi connectivity index (χ1) is 9.75. The smallest absolute Gasteiger partial charge is 0.308 e. The third kappa shape index (κ3) is 3.88. The van der Waals surface area contributed by atoms with Crippen LogP contribution in [0, 0.1) is 0 Å². The monoisotopic (exact) mass is 318 g/mol. The third-order valence-electron chi connectivity index (χ3n) is 2.45. The van der Waals surface area contributed by atoms with Gasteiger partial charge in [-0.05, 0) is 24.3 Å². The van der Waals surface area contributed by atoms with E-state index in [4.69, 9.17) is 11.6 Å². The van der Waals surface area contributed by atoms with Crippen LogP contribution in [-0.4, -0.2) is 15.8 Å². The summed E-state index contributed by atoms with van der Waals surface area (Å²) in [6, 6.07) is 5.33. The van der Waals surface area contributed by atoms with Crippen molar-refractivity contribution in [2.24, 2.45) is 7.05 Å². The maximum Gasteiger partial charge on any atom is 0.437 e. The fourth-order valence-corrected chi connectivity index (χ4v) is 1.73. The van der Waals surface area contributed by atoms with Crippen molar-refractivity contribution in [2.45, 2.75) is 6.18 Å². The third-order valence-corrected chi connectivity index (χ3v) is 2.70. The maximum absolute atomic E-state index is 12.7. The fraction of sp³-hybridized carbons (Fsp3) is 0.167. The highest BCUT2D eigenvalue weighted by Gasteiger charge is 2.37. The van der Waals surface area contributed by atoms with Crippen molar-refractivity contribution in [3.05, 3.63) is 41.2 Å². The number of alkyl halides is 3. The minimum atomic E-state index is -4.65. The molecule has 0 spiro atoms. The van der Waals surface area contributed by atoms with Crippen molar-refractivity contribution >= 4 is 29.0 Å². The Morgan fingerprint density at radius 3 is 2.43 bits per heavy atom. The van der Waals surface area contributed by atoms with Crippen molar-refractivity contribution in [1.29, 1.82) is 0 Å². The fourth-order valence-electron chi connectivity index (χ4n) is 1.61. The Hall–Kier alpha value is -2.22. The number of amides is 2. The van der Waals surface area contributed by atoms with Gasteiger partial charge in [0.1, 0.15) is 0 Å². The number of rotatable bonds is 2. The average molecular weight is 319 g/mol. The van der Waals surface area contributed by atoms with E-state index in [0.29, 0.717) is 10.7 Å². The largest absolute Gasteiger partial charge is 0.437 e. The quantitative estimate of drug-likeness (QED) is 0.886. The average Bonchev–Trinajstić information content (AvgIpc) is 2.73. The van der Waals surface area contributed by atoms with Crippen molar-refractivity contribution in [2.75, 3.05) is 10.6 Å². The summed E-state index contributed by atoms with van der Waals surface area (Å²) < 4.78 is 39.1. The molecule has 0 saturated heterocycles. The van der Waals surface area contributed by atoms with Gasteiger partial charge in [0.15, 0.2) is 5.69 Å². The van der Waals surface area contributed by atoms with Gasteiger partial charge in [-0.2, -0.15) is 18.3 Å². The first kappa shape index (κ1) is 15.2. The molecule has 1 heterocycles. The summed E-state index contributed by atoms with van der Waals surface area (Å²) in [6.45, 7) is 0. The van der Waals surface area contributed by atoms with E-state index in [0.717, 1.165) is 10.9 Å². The normalized spacial score (nSPS) is 11.3. The van der Waals surface area contributed by atoms with Gasteiger partial charge in [-0.25, -0.2) is 4.79 Å². The zero-order valence-corrected chi connectivity index (χ0v) is 11.5. The van der Waals surface area contributed by atoms with E-state index in [9.17, 15) is 18.0 Å². The highest BCUT2D eigenvalue weighted by Crippen LogP contribution is 2.33. The highest BCUT2D eigenvalue weighted by atomic mass is 35.5. The van der Waals surface area contributed by atoms with Crippen LogP contribution in [-0.2, 0) is 13.2 Å². The van der Waals surface area contributed by atoms with Crippen LogP contribution < -0.4 is 10.6 Å². The molecule has 112 valence electrons. The molecule has 0 atom stereocenters. The lowest BCUT2D eigenvalue weighted by atomic mass is 10.3. The second-order valence-corrected chi connectivity index (χ2v) is 4.59. The molecule has 0 unspecified atom stereocenters. The standard InChI is InChI=1S/C12H10ClF3N4O/c1-20-6-9(10(19-20)12(14,15)16)18-11(21)17-8-4-2-7(13)3-5-8/h2-6H,1H3,(H2,17,18,21). The Morgan fingerprint density at radius 2 is 1.86 bits per heavy atom. The maximum atomic E-state index is 12.7. The second-order valence-electron chi connectivity index (χ2n) is 4.15. The van der Waals surface area contributed by atoms with E-state index in [1.165, 1.54) is 19.2 Å². The first-order valence-corrected chi connectivity index (χ1v) is 6.08. The topological polar surface area (TPSA) is 59.0 Å². The Kier molecular flexibility index (Phi) is 4.08. The number of halogens is 4. The van der Waals surface area contributed by atoms with Gasteiger partial charge < -0.3 is 10.6 Å². The molecule has 0 fully saturated rings. The number of hydrogen-bond acceptors (Lipinski definition) is 2. The van der Waals surface area contributed by atoms with Crippen LogP contribution in [0.15, 0.2) is 30.5 Å². The lowest BCUT2D eigenvalue weighted by Crippen LogP contribution is -2.21. The molecule has 0 bridgehead atoms. The number of nitrogens with zero attached hydrogens (tertiary/aromatic N) is 2. The molecule has 21 heavy (non-hydrogen) atoms. The minimum absolute atomic E-state index is 0.398. The molecule has 2 aromatic rings. The molecule has 2 N–H and O–H groups in total. The molecular weight excluding hydrogens is 309 g/mol. The number of carbonyl (C=O) groups excluding carboxylic acids is 1. The zero-order valence-electron chi connectivity index (χ0n) is 10.7. The van der Waals surface area contributed by atoms with Crippen LogP contribution in [0.3, 0.4) is 0 Å². The van der Waals surface area contributed by atoms with E-state index >= 15 is 0 Å². The van der Waals surface area contributed by atoms with Gasteiger partial charge in [-0.1, -0.05) is 11.6 Å². The molecule has 0 saturated carbocycles. The van der Waals surface area contributed by atoms with Crippen molar-refractivity contribution < 1.29 is 18.0 Å². The van der Waals surface area contributed by atoms with Crippen LogP contribution in [0.1, 0.15) is 5.69 Å². The number of nitrogens with one attached hydrogen (secondary N) is 2. The molecular formula is C12H10ClF3N4O. The number of aromatic nitrogens is 2. The van der Waals surface area contributed by atoms with E-state index in [-0.39, 0.29) is 0 Å². The number of anilines is 2. The molecule has 9 heteroatoms. The highest BCUT2D eigenvalue weighted by molar-refractivity contribution is 6.30. The van der Waals surface area contributed by atoms with Crippen LogP contribution in [0.5, 0.6) is 0 Å². The minimum Gasteiger partial charge on any atom is -0.308 e. The number of benzene rings is 1. The molecule has 0 aliphatic carbocycles. The van der Waals surface area contributed by atoms with Crippen LogP contribution in [0.25, 0.3) is 0 Å². The predicted octanol–water partition coefficient (Wildman–Crippen LogP) is 3.74. The molecule has 1 aromatic heterocycles. The molecule has 1 aromatic carbocycles. The van der Waals surface area contributed by atoms with E-state index in [1.54, 1.807) is 12.1 Å². The Balaban J connectivity index is 2.11. The summed E-state index contributed by atoms with van der Waals surface area (Å²) in [7, 11) is 1.33. The summed E-state index contributed by atoms with van der Waals surface area (Å²) in [5.74, 6) is 0. The van der Waals surface area contributed by atoms with Gasteiger partial charge in [-0.15, -0.1) is 0 Å². The van der Waals surface area contributed by atoms with Gasteiger partial charge in [0.25, 0.3) is 0 Å². The Labute approximate surface area is 122 Å². The molecule has 2 amide bonds. The van der Waals surface area contributed by atoms with Gasteiger partial charge in [0.05, 0.1) is 5.69 Å². The van der Waals surface area contributed by atoms with Gasteiger partial charge in [0.2, 0.25) is 0 Å². The van der Waals surface area contributed by atoms with Crippen molar-refractivity contribution in [1.82, 2.24) is 9.78 Å². The zero-order chi connectivity index (χ0) is 15.6. The summed E-state index contributed by atoms with van der Waals surface area (Å²) >= 11 is 5.69. The van der Waals surface area contributed by atoms with Crippen LogP contribution in [0.4, 0.5) is 29.3 Å². The van der Waals surface area contributed by atoms with Gasteiger partial charge in [0, 0.05) is 24.0 Å². The molecule has 0 radical (unpaired) electrons. The van der Waals surface area contributed by atoms with E-state index in [1.807, 2.05) is 0 Å². The number of carbonyl (C=O) groups is 1. The Bertz CT molecular complexity index is 652. The number of hydrogen-bond donors (Lipinski definition) is 2. The second kappa shape index (κ2) is 5.65. The van der Waals surface area contributed by atoms with Crippen molar-refractivity contribution in [3.63, 3.8) is 0 Å². The summed E-state index contributed by atoms with van der Waals surface area (Å²) in [5.41, 5.74) is -1.18. The molecule has 0 aliphatic heterocycles. The van der Waals surface area contributed by atoms with Crippen molar-refractivity contribution in [3.8, 4) is 0 Å². The Morgan fingerprint density at radius 1 is 1.24 bits per heavy atom.